The zero-order valence-corrected chi connectivity index (χ0v) is 13.7. The molecule has 1 unspecified atom stereocenters. The number of hydrogen-bond donors (Lipinski definition) is 1. The van der Waals surface area contributed by atoms with Crippen molar-refractivity contribution in [3.63, 3.8) is 0 Å². The summed E-state index contributed by atoms with van der Waals surface area (Å²) in [6.07, 6.45) is 3.58. The van der Waals surface area contributed by atoms with Gasteiger partial charge < -0.3 is 5.32 Å². The Balaban J connectivity index is 2.10. The highest BCUT2D eigenvalue weighted by Crippen LogP contribution is 2.25. The third-order valence-corrected chi connectivity index (χ3v) is 5.11. The lowest BCUT2D eigenvalue weighted by Crippen LogP contribution is -2.63. The molecular weight excluding hydrogens is 268 g/mol. The third-order valence-electron chi connectivity index (χ3n) is 4.86. The Morgan fingerprint density at radius 2 is 1.85 bits per heavy atom. The molecule has 0 aromatic heterocycles. The number of halogens is 1. The first-order valence-electron chi connectivity index (χ1n) is 7.86. The topological polar surface area (TPSA) is 15.3 Å². The summed E-state index contributed by atoms with van der Waals surface area (Å²) in [7, 11) is 0. The number of rotatable bonds is 5. The van der Waals surface area contributed by atoms with Crippen LogP contribution in [0, 0.1) is 0 Å². The van der Waals surface area contributed by atoms with Gasteiger partial charge in [0, 0.05) is 36.2 Å². The standard InChI is InChI=1S/C17H27ClN2/c1-4-16-11-19-17(5-2,6-3)13-20(16)12-14-7-9-15(18)10-8-14/h7-10,16,19H,4-6,11-13H2,1-3H3. The first kappa shape index (κ1) is 15.8. The smallest absolute Gasteiger partial charge is 0.0406 e. The van der Waals surface area contributed by atoms with E-state index in [4.69, 9.17) is 11.6 Å². The molecule has 2 rings (SSSR count). The average Bonchev–Trinajstić information content (AvgIpc) is 2.49. The van der Waals surface area contributed by atoms with Gasteiger partial charge in [0.15, 0.2) is 0 Å². The second kappa shape index (κ2) is 6.93. The molecule has 112 valence electrons. The molecule has 1 aromatic carbocycles. The van der Waals surface area contributed by atoms with Crippen LogP contribution in [0.2, 0.25) is 5.02 Å². The second-order valence-electron chi connectivity index (χ2n) is 5.96. The molecular formula is C17H27ClN2. The molecule has 1 fully saturated rings. The minimum absolute atomic E-state index is 0.290. The fraction of sp³-hybridized carbons (Fsp3) is 0.647. The molecule has 0 bridgehead atoms. The SMILES string of the molecule is CCC1CNC(CC)(CC)CN1Cc1ccc(Cl)cc1. The predicted octanol–water partition coefficient (Wildman–Crippen LogP) is 4.08. The van der Waals surface area contributed by atoms with E-state index in [2.05, 4.69) is 43.1 Å². The van der Waals surface area contributed by atoms with Crippen LogP contribution in [-0.2, 0) is 6.54 Å². The third kappa shape index (κ3) is 3.55. The number of nitrogens with zero attached hydrogens (tertiary/aromatic N) is 1. The highest BCUT2D eigenvalue weighted by atomic mass is 35.5. The molecule has 1 saturated heterocycles. The van der Waals surface area contributed by atoms with Crippen LogP contribution in [0.5, 0.6) is 0 Å². The lowest BCUT2D eigenvalue weighted by molar-refractivity contribution is 0.0643. The van der Waals surface area contributed by atoms with E-state index >= 15 is 0 Å². The number of hydrogen-bond acceptors (Lipinski definition) is 2. The van der Waals surface area contributed by atoms with Crippen LogP contribution in [0.15, 0.2) is 24.3 Å². The molecule has 0 aliphatic carbocycles. The Hall–Kier alpha value is -0.570. The fourth-order valence-corrected chi connectivity index (χ4v) is 3.30. The van der Waals surface area contributed by atoms with Gasteiger partial charge in [0.2, 0.25) is 0 Å². The summed E-state index contributed by atoms with van der Waals surface area (Å²) in [6.45, 7) is 10.1. The largest absolute Gasteiger partial charge is 0.308 e. The maximum absolute atomic E-state index is 5.98. The van der Waals surface area contributed by atoms with Gasteiger partial charge in [-0.05, 0) is 37.0 Å². The Bertz CT molecular complexity index is 412. The van der Waals surface area contributed by atoms with Crippen LogP contribution >= 0.6 is 11.6 Å². The lowest BCUT2D eigenvalue weighted by atomic mass is 9.88. The van der Waals surface area contributed by atoms with Crippen molar-refractivity contribution in [3.05, 3.63) is 34.9 Å². The van der Waals surface area contributed by atoms with Crippen LogP contribution in [0.25, 0.3) is 0 Å². The zero-order chi connectivity index (χ0) is 14.6. The molecule has 1 atom stereocenters. The van der Waals surface area contributed by atoms with Crippen molar-refractivity contribution in [3.8, 4) is 0 Å². The highest BCUT2D eigenvalue weighted by molar-refractivity contribution is 6.30. The molecule has 0 spiro atoms. The van der Waals surface area contributed by atoms with Gasteiger partial charge in [0.05, 0.1) is 0 Å². The quantitative estimate of drug-likeness (QED) is 0.880. The monoisotopic (exact) mass is 294 g/mol. The number of nitrogens with one attached hydrogen (secondary N) is 1. The van der Waals surface area contributed by atoms with Crippen molar-refractivity contribution in [2.45, 2.75) is 58.2 Å². The molecule has 1 N–H and O–H groups in total. The molecule has 1 aliphatic rings. The van der Waals surface area contributed by atoms with Gasteiger partial charge in [0.25, 0.3) is 0 Å². The zero-order valence-electron chi connectivity index (χ0n) is 13.0. The van der Waals surface area contributed by atoms with Crippen molar-refractivity contribution in [2.24, 2.45) is 0 Å². The van der Waals surface area contributed by atoms with Gasteiger partial charge in [-0.15, -0.1) is 0 Å². The molecule has 0 radical (unpaired) electrons. The van der Waals surface area contributed by atoms with E-state index in [1.54, 1.807) is 0 Å². The molecule has 0 saturated carbocycles. The van der Waals surface area contributed by atoms with Gasteiger partial charge in [-0.1, -0.05) is 44.5 Å². The second-order valence-corrected chi connectivity index (χ2v) is 6.40. The summed E-state index contributed by atoms with van der Waals surface area (Å²) >= 11 is 5.98. The molecule has 20 heavy (non-hydrogen) atoms. The molecule has 1 heterocycles. The summed E-state index contributed by atoms with van der Waals surface area (Å²) in [5, 5.41) is 4.61. The lowest BCUT2D eigenvalue weighted by Gasteiger charge is -2.47. The van der Waals surface area contributed by atoms with Crippen molar-refractivity contribution >= 4 is 11.6 Å². The van der Waals surface area contributed by atoms with E-state index in [9.17, 15) is 0 Å². The summed E-state index contributed by atoms with van der Waals surface area (Å²) in [4.78, 5) is 2.65. The predicted molar refractivity (Wildman–Crippen MR) is 87.3 cm³/mol. The van der Waals surface area contributed by atoms with E-state index in [0.29, 0.717) is 6.04 Å². The maximum atomic E-state index is 5.98. The normalized spacial score (nSPS) is 22.9. The molecule has 1 aromatic rings. The Kier molecular flexibility index (Phi) is 5.48. The van der Waals surface area contributed by atoms with Crippen LogP contribution in [-0.4, -0.2) is 29.6 Å². The van der Waals surface area contributed by atoms with E-state index in [1.807, 2.05) is 12.1 Å². The van der Waals surface area contributed by atoms with Crippen LogP contribution < -0.4 is 5.32 Å². The van der Waals surface area contributed by atoms with Gasteiger partial charge in [0.1, 0.15) is 0 Å². The van der Waals surface area contributed by atoms with Crippen molar-refractivity contribution in [1.82, 2.24) is 10.2 Å². The molecule has 2 nitrogen and oxygen atoms in total. The van der Waals surface area contributed by atoms with Crippen LogP contribution in [0.3, 0.4) is 0 Å². The van der Waals surface area contributed by atoms with E-state index in [1.165, 1.54) is 24.8 Å². The Morgan fingerprint density at radius 1 is 1.20 bits per heavy atom. The molecule has 1 aliphatic heterocycles. The summed E-state index contributed by atoms with van der Waals surface area (Å²) in [5.41, 5.74) is 1.65. The Labute approximate surface area is 128 Å². The van der Waals surface area contributed by atoms with E-state index in [0.717, 1.165) is 24.7 Å². The van der Waals surface area contributed by atoms with Gasteiger partial charge in [-0.3, -0.25) is 4.90 Å². The minimum atomic E-state index is 0.290. The van der Waals surface area contributed by atoms with Crippen molar-refractivity contribution in [2.75, 3.05) is 13.1 Å². The van der Waals surface area contributed by atoms with Crippen LogP contribution in [0.4, 0.5) is 0 Å². The average molecular weight is 295 g/mol. The summed E-state index contributed by atoms with van der Waals surface area (Å²) in [6, 6.07) is 8.92. The molecule has 0 amide bonds. The molecule has 3 heteroatoms. The fourth-order valence-electron chi connectivity index (χ4n) is 3.17. The first-order valence-corrected chi connectivity index (χ1v) is 8.23. The highest BCUT2D eigenvalue weighted by Gasteiger charge is 2.35. The van der Waals surface area contributed by atoms with Gasteiger partial charge >= 0.3 is 0 Å². The summed E-state index contributed by atoms with van der Waals surface area (Å²) < 4.78 is 0. The van der Waals surface area contributed by atoms with Crippen molar-refractivity contribution < 1.29 is 0 Å². The van der Waals surface area contributed by atoms with Gasteiger partial charge in [-0.2, -0.15) is 0 Å². The van der Waals surface area contributed by atoms with Crippen LogP contribution in [0.1, 0.15) is 45.6 Å². The number of benzene rings is 1. The van der Waals surface area contributed by atoms with Gasteiger partial charge in [-0.25, -0.2) is 0 Å². The Morgan fingerprint density at radius 3 is 2.40 bits per heavy atom. The van der Waals surface area contributed by atoms with E-state index < -0.39 is 0 Å². The number of piperazine rings is 1. The minimum Gasteiger partial charge on any atom is -0.308 e. The first-order chi connectivity index (χ1) is 9.62. The van der Waals surface area contributed by atoms with Crippen molar-refractivity contribution in [1.29, 1.82) is 0 Å². The summed E-state index contributed by atoms with van der Waals surface area (Å²) in [5.74, 6) is 0. The maximum Gasteiger partial charge on any atom is 0.0406 e. The van der Waals surface area contributed by atoms with E-state index in [-0.39, 0.29) is 5.54 Å².